The van der Waals surface area contributed by atoms with Gasteiger partial charge in [-0.2, -0.15) is 0 Å². The molecule has 0 N–H and O–H groups in total. The highest BCUT2D eigenvalue weighted by Gasteiger charge is 2.31. The van der Waals surface area contributed by atoms with E-state index in [0.717, 1.165) is 11.8 Å². The maximum atomic E-state index is 12.2. The van der Waals surface area contributed by atoms with Crippen LogP contribution in [-0.2, 0) is 9.59 Å². The first kappa shape index (κ1) is 16.3. The van der Waals surface area contributed by atoms with Crippen molar-refractivity contribution >= 4 is 69.5 Å². The van der Waals surface area contributed by atoms with Crippen molar-refractivity contribution in [3.63, 3.8) is 0 Å². The summed E-state index contributed by atoms with van der Waals surface area (Å²) in [5.74, 6) is -1.58. The molecule has 0 atom stereocenters. The maximum Gasteiger partial charge on any atom is 0.266 e. The van der Waals surface area contributed by atoms with Crippen molar-refractivity contribution in [2.45, 2.75) is 6.42 Å². The van der Waals surface area contributed by atoms with Crippen LogP contribution in [0.4, 0.5) is 0 Å². The van der Waals surface area contributed by atoms with Crippen LogP contribution in [0.25, 0.3) is 6.08 Å². The minimum atomic E-state index is -1.23. The molecule has 1 saturated heterocycles. The van der Waals surface area contributed by atoms with Gasteiger partial charge in [-0.1, -0.05) is 59.3 Å². The van der Waals surface area contributed by atoms with Gasteiger partial charge in [-0.05, 0) is 17.7 Å². The van der Waals surface area contributed by atoms with Gasteiger partial charge in [-0.3, -0.25) is 9.69 Å². The first-order valence-corrected chi connectivity index (χ1v) is 7.77. The summed E-state index contributed by atoms with van der Waals surface area (Å²) in [7, 11) is 0. The van der Waals surface area contributed by atoms with Crippen molar-refractivity contribution < 1.29 is 14.7 Å². The number of carbonyl (C=O) groups excluding carboxylic acids is 2. The van der Waals surface area contributed by atoms with Crippen molar-refractivity contribution in [3.8, 4) is 0 Å². The number of aliphatic carboxylic acids is 1. The standard InChI is InChI=1S/C13H9Cl2NO3S2/c14-8-3-1-2-7(11(8)15)6-9-12(19)16(13(20)21-9)5-4-10(17)18/h1-3,6H,4-5H2,(H,17,18)/p-1/b9-6+. The van der Waals surface area contributed by atoms with Crippen LogP contribution in [-0.4, -0.2) is 27.6 Å². The van der Waals surface area contributed by atoms with Crippen molar-refractivity contribution in [1.82, 2.24) is 4.90 Å². The first-order valence-electron chi connectivity index (χ1n) is 5.79. The SMILES string of the molecule is O=C([O-])CCN1C(=O)/C(=C\c2cccc(Cl)c2Cl)SC1=S. The second-order valence-corrected chi connectivity index (χ2v) is 6.56. The van der Waals surface area contributed by atoms with E-state index < -0.39 is 5.97 Å². The zero-order valence-electron chi connectivity index (χ0n) is 10.5. The van der Waals surface area contributed by atoms with E-state index in [0.29, 0.717) is 24.8 Å². The fraction of sp³-hybridized carbons (Fsp3) is 0.154. The number of hydrogen-bond donors (Lipinski definition) is 0. The molecule has 21 heavy (non-hydrogen) atoms. The second kappa shape index (κ2) is 6.79. The molecule has 2 rings (SSSR count). The molecule has 1 aliphatic heterocycles. The highest BCUT2D eigenvalue weighted by Crippen LogP contribution is 2.35. The number of amides is 1. The van der Waals surface area contributed by atoms with Crippen molar-refractivity contribution in [3.05, 3.63) is 38.7 Å². The van der Waals surface area contributed by atoms with E-state index in [1.165, 1.54) is 4.90 Å². The lowest BCUT2D eigenvalue weighted by Gasteiger charge is -2.14. The Kier molecular flexibility index (Phi) is 5.27. The number of carboxylic acids is 1. The summed E-state index contributed by atoms with van der Waals surface area (Å²) < 4.78 is 0.311. The van der Waals surface area contributed by atoms with Gasteiger partial charge in [0.15, 0.2) is 0 Å². The molecule has 0 radical (unpaired) electrons. The molecule has 4 nitrogen and oxygen atoms in total. The molecule has 0 spiro atoms. The Morgan fingerprint density at radius 3 is 2.81 bits per heavy atom. The summed E-state index contributed by atoms with van der Waals surface area (Å²) in [6, 6.07) is 5.09. The zero-order chi connectivity index (χ0) is 15.6. The van der Waals surface area contributed by atoms with E-state index in [9.17, 15) is 14.7 Å². The Bertz CT molecular complexity index is 661. The molecule has 0 aromatic heterocycles. The third-order valence-corrected chi connectivity index (χ3v) is 4.89. The van der Waals surface area contributed by atoms with Gasteiger partial charge in [-0.15, -0.1) is 0 Å². The molecular formula is C13H8Cl2NO3S2-. The summed E-state index contributed by atoms with van der Waals surface area (Å²) in [5.41, 5.74) is 0.601. The summed E-state index contributed by atoms with van der Waals surface area (Å²) >= 11 is 18.2. The molecule has 1 aliphatic rings. The summed E-state index contributed by atoms with van der Waals surface area (Å²) in [6.07, 6.45) is 1.32. The number of rotatable bonds is 4. The topological polar surface area (TPSA) is 60.4 Å². The molecule has 1 heterocycles. The highest BCUT2D eigenvalue weighted by molar-refractivity contribution is 8.26. The Hall–Kier alpha value is -1.08. The van der Waals surface area contributed by atoms with Gasteiger partial charge < -0.3 is 9.90 Å². The molecule has 0 bridgehead atoms. The summed E-state index contributed by atoms with van der Waals surface area (Å²) in [5, 5.41) is 11.2. The quantitative estimate of drug-likeness (QED) is 0.609. The predicted molar refractivity (Wildman–Crippen MR) is 86.0 cm³/mol. The van der Waals surface area contributed by atoms with Crippen LogP contribution in [0.15, 0.2) is 23.1 Å². The number of carbonyl (C=O) groups is 2. The maximum absolute atomic E-state index is 12.2. The van der Waals surface area contributed by atoms with Crippen LogP contribution in [0, 0.1) is 0 Å². The molecule has 1 fully saturated rings. The number of nitrogens with zero attached hydrogens (tertiary/aromatic N) is 1. The monoisotopic (exact) mass is 360 g/mol. The lowest BCUT2D eigenvalue weighted by molar-refractivity contribution is -0.305. The van der Waals surface area contributed by atoms with Gasteiger partial charge in [0.1, 0.15) is 4.32 Å². The third kappa shape index (κ3) is 3.77. The predicted octanol–water partition coefficient (Wildman–Crippen LogP) is 2.33. The van der Waals surface area contributed by atoms with Gasteiger partial charge in [0.05, 0.1) is 15.0 Å². The number of halogens is 2. The Morgan fingerprint density at radius 2 is 2.14 bits per heavy atom. The van der Waals surface area contributed by atoms with Crippen LogP contribution >= 0.6 is 47.2 Å². The largest absolute Gasteiger partial charge is 0.550 e. The molecule has 0 unspecified atom stereocenters. The van der Waals surface area contributed by atoms with Crippen molar-refractivity contribution in [2.24, 2.45) is 0 Å². The summed E-state index contributed by atoms with van der Waals surface area (Å²) in [6.45, 7) is -0.00633. The Morgan fingerprint density at radius 1 is 1.43 bits per heavy atom. The fourth-order valence-corrected chi connectivity index (χ4v) is 3.33. The minimum absolute atomic E-state index is 0.00633. The second-order valence-electron chi connectivity index (χ2n) is 4.10. The smallest absolute Gasteiger partial charge is 0.266 e. The Balaban J connectivity index is 2.24. The van der Waals surface area contributed by atoms with E-state index in [4.69, 9.17) is 35.4 Å². The molecular weight excluding hydrogens is 353 g/mol. The van der Waals surface area contributed by atoms with Gasteiger partial charge in [0, 0.05) is 18.9 Å². The first-order chi connectivity index (χ1) is 9.90. The molecule has 1 aromatic carbocycles. The Labute approximate surface area is 140 Å². The average Bonchev–Trinajstić information content (AvgIpc) is 2.68. The third-order valence-electron chi connectivity index (χ3n) is 2.68. The van der Waals surface area contributed by atoms with Crippen molar-refractivity contribution in [2.75, 3.05) is 6.54 Å². The molecule has 8 heteroatoms. The molecule has 1 aromatic rings. The molecule has 1 amide bonds. The van der Waals surface area contributed by atoms with Gasteiger partial charge >= 0.3 is 0 Å². The molecule has 0 saturated carbocycles. The van der Waals surface area contributed by atoms with Gasteiger partial charge in [0.25, 0.3) is 5.91 Å². The highest BCUT2D eigenvalue weighted by atomic mass is 35.5. The fourth-order valence-electron chi connectivity index (χ4n) is 1.67. The molecule has 110 valence electrons. The van der Waals surface area contributed by atoms with E-state index in [-0.39, 0.29) is 18.9 Å². The number of thiocarbonyl (C=S) groups is 1. The minimum Gasteiger partial charge on any atom is -0.550 e. The normalized spacial score (nSPS) is 16.9. The van der Waals surface area contributed by atoms with Crippen LogP contribution in [0.1, 0.15) is 12.0 Å². The summed E-state index contributed by atoms with van der Waals surface area (Å²) in [4.78, 5) is 24.3. The van der Waals surface area contributed by atoms with Gasteiger partial charge in [0.2, 0.25) is 0 Å². The zero-order valence-corrected chi connectivity index (χ0v) is 13.6. The average molecular weight is 361 g/mol. The van der Waals surface area contributed by atoms with E-state index in [2.05, 4.69) is 0 Å². The number of benzene rings is 1. The lowest BCUT2D eigenvalue weighted by Crippen LogP contribution is -2.33. The van der Waals surface area contributed by atoms with E-state index >= 15 is 0 Å². The van der Waals surface area contributed by atoms with Crippen LogP contribution in [0.3, 0.4) is 0 Å². The molecule has 0 aliphatic carbocycles. The number of hydrogen-bond acceptors (Lipinski definition) is 5. The van der Waals surface area contributed by atoms with Crippen molar-refractivity contribution in [1.29, 1.82) is 0 Å². The van der Waals surface area contributed by atoms with Crippen LogP contribution in [0.5, 0.6) is 0 Å². The number of carboxylic acid groups (broad SMARTS) is 1. The van der Waals surface area contributed by atoms with E-state index in [1.54, 1.807) is 24.3 Å². The van der Waals surface area contributed by atoms with E-state index in [1.807, 2.05) is 0 Å². The van der Waals surface area contributed by atoms with Crippen LogP contribution in [0.2, 0.25) is 10.0 Å². The number of thioether (sulfide) groups is 1. The van der Waals surface area contributed by atoms with Gasteiger partial charge in [-0.25, -0.2) is 0 Å². The van der Waals surface area contributed by atoms with Crippen LogP contribution < -0.4 is 5.11 Å². The lowest BCUT2D eigenvalue weighted by atomic mass is 10.2.